The van der Waals surface area contributed by atoms with Crippen molar-refractivity contribution in [1.82, 2.24) is 5.32 Å². The Balaban J connectivity index is 1.60. The molecule has 1 aromatic carbocycles. The highest BCUT2D eigenvalue weighted by molar-refractivity contribution is 5.82. The van der Waals surface area contributed by atoms with E-state index in [9.17, 15) is 4.79 Å². The zero-order valence-electron chi connectivity index (χ0n) is 13.0. The van der Waals surface area contributed by atoms with Crippen LogP contribution in [0.1, 0.15) is 44.6 Å². The maximum absolute atomic E-state index is 12.4. The Morgan fingerprint density at radius 2 is 2.05 bits per heavy atom. The van der Waals surface area contributed by atoms with Crippen molar-refractivity contribution in [1.29, 1.82) is 0 Å². The lowest BCUT2D eigenvalue weighted by Crippen LogP contribution is -2.46. The summed E-state index contributed by atoms with van der Waals surface area (Å²) in [5.41, 5.74) is 2.62. The fourth-order valence-corrected chi connectivity index (χ4v) is 3.73. The molecule has 0 saturated heterocycles. The Kier molecular flexibility index (Phi) is 4.47. The fourth-order valence-electron chi connectivity index (χ4n) is 3.73. The molecule has 0 unspecified atom stereocenters. The monoisotopic (exact) mass is 286 g/mol. The van der Waals surface area contributed by atoms with Crippen LogP contribution in [0.3, 0.4) is 0 Å². The molecular weight excluding hydrogens is 260 g/mol. The summed E-state index contributed by atoms with van der Waals surface area (Å²) in [6.07, 6.45) is 7.23. The number of hydrogen-bond donors (Lipinski definition) is 1. The summed E-state index contributed by atoms with van der Waals surface area (Å²) >= 11 is 0. The number of aryl methyl sites for hydroxylation is 1. The number of nitrogens with one attached hydrogen (secondary N) is 1. The third-order valence-corrected chi connectivity index (χ3v) is 5.00. The average Bonchev–Trinajstić information content (AvgIpc) is 2.50. The van der Waals surface area contributed by atoms with Crippen molar-refractivity contribution >= 4 is 11.6 Å². The normalized spacial score (nSPS) is 25.3. The number of carbonyl (C=O) groups is 1. The maximum Gasteiger partial charge on any atom is 0.239 e. The Morgan fingerprint density at radius 3 is 2.90 bits per heavy atom. The molecule has 1 aliphatic heterocycles. The van der Waals surface area contributed by atoms with Gasteiger partial charge in [-0.25, -0.2) is 0 Å². The molecular formula is C18H26N2O. The van der Waals surface area contributed by atoms with E-state index in [4.69, 9.17) is 0 Å². The molecule has 1 heterocycles. The van der Waals surface area contributed by atoms with Crippen molar-refractivity contribution in [2.75, 3.05) is 18.0 Å². The first-order chi connectivity index (χ1) is 10.2. The number of anilines is 1. The second-order valence-corrected chi connectivity index (χ2v) is 6.59. The highest BCUT2D eigenvalue weighted by atomic mass is 16.2. The van der Waals surface area contributed by atoms with Crippen LogP contribution in [0.25, 0.3) is 0 Å². The summed E-state index contributed by atoms with van der Waals surface area (Å²) in [7, 11) is 0. The van der Waals surface area contributed by atoms with E-state index in [1.807, 2.05) is 0 Å². The fraction of sp³-hybridized carbons (Fsp3) is 0.611. The summed E-state index contributed by atoms with van der Waals surface area (Å²) in [5, 5.41) is 3.27. The van der Waals surface area contributed by atoms with Crippen LogP contribution in [-0.4, -0.2) is 25.0 Å². The van der Waals surface area contributed by atoms with E-state index >= 15 is 0 Å². The molecule has 3 rings (SSSR count). The highest BCUT2D eigenvalue weighted by Gasteiger charge is 2.24. The van der Waals surface area contributed by atoms with Gasteiger partial charge in [0, 0.05) is 18.3 Å². The van der Waals surface area contributed by atoms with Crippen LogP contribution in [0, 0.1) is 5.92 Å². The number of benzene rings is 1. The van der Waals surface area contributed by atoms with Crippen molar-refractivity contribution in [3.63, 3.8) is 0 Å². The van der Waals surface area contributed by atoms with Gasteiger partial charge in [0.25, 0.3) is 0 Å². The molecule has 114 valence electrons. The number of carbonyl (C=O) groups excluding carboxylic acids is 1. The molecule has 1 saturated carbocycles. The van der Waals surface area contributed by atoms with E-state index in [2.05, 4.69) is 41.4 Å². The quantitative estimate of drug-likeness (QED) is 0.926. The molecule has 3 heteroatoms. The molecule has 1 aliphatic carbocycles. The standard InChI is InChI=1S/C18H26N2O/c1-14-7-2-4-10-16(14)19-18(21)13-20-12-6-9-15-8-3-5-11-17(15)20/h3,5,8,11,14,16H,2,4,6-7,9-10,12-13H2,1H3,(H,19,21)/t14-,16-/m1/s1. The van der Waals surface area contributed by atoms with Crippen molar-refractivity contribution in [3.8, 4) is 0 Å². The summed E-state index contributed by atoms with van der Waals surface area (Å²) in [6, 6.07) is 8.86. The largest absolute Gasteiger partial charge is 0.362 e. The van der Waals surface area contributed by atoms with Crippen molar-refractivity contribution in [2.24, 2.45) is 5.92 Å². The third-order valence-electron chi connectivity index (χ3n) is 5.00. The Morgan fingerprint density at radius 1 is 1.24 bits per heavy atom. The van der Waals surface area contributed by atoms with Crippen LogP contribution in [0.4, 0.5) is 5.69 Å². The lowest BCUT2D eigenvalue weighted by Gasteiger charge is -2.33. The molecule has 0 spiro atoms. The Hall–Kier alpha value is -1.51. The van der Waals surface area contributed by atoms with Crippen LogP contribution < -0.4 is 10.2 Å². The molecule has 2 aliphatic rings. The van der Waals surface area contributed by atoms with Gasteiger partial charge < -0.3 is 10.2 Å². The molecule has 0 radical (unpaired) electrons. The summed E-state index contributed by atoms with van der Waals surface area (Å²) in [5.74, 6) is 0.807. The highest BCUT2D eigenvalue weighted by Crippen LogP contribution is 2.27. The molecule has 0 aromatic heterocycles. The molecule has 2 atom stereocenters. The van der Waals surface area contributed by atoms with Gasteiger partial charge in [0.1, 0.15) is 0 Å². The minimum Gasteiger partial charge on any atom is -0.362 e. The first-order valence-corrected chi connectivity index (χ1v) is 8.36. The second-order valence-electron chi connectivity index (χ2n) is 6.59. The van der Waals surface area contributed by atoms with E-state index in [0.29, 0.717) is 18.5 Å². The second kappa shape index (κ2) is 6.50. The summed E-state index contributed by atoms with van der Waals surface area (Å²) in [6.45, 7) is 3.76. The van der Waals surface area contributed by atoms with Crippen LogP contribution in [0.5, 0.6) is 0 Å². The summed E-state index contributed by atoms with van der Waals surface area (Å²) in [4.78, 5) is 14.6. The SMILES string of the molecule is C[C@@H]1CCCC[C@H]1NC(=O)CN1CCCc2ccccc21. The lowest BCUT2D eigenvalue weighted by molar-refractivity contribution is -0.121. The average molecular weight is 286 g/mol. The van der Waals surface area contributed by atoms with Gasteiger partial charge >= 0.3 is 0 Å². The number of nitrogens with zero attached hydrogens (tertiary/aromatic N) is 1. The van der Waals surface area contributed by atoms with Crippen LogP contribution in [0.2, 0.25) is 0 Å². The first kappa shape index (κ1) is 14.4. The predicted octanol–water partition coefficient (Wildman–Crippen LogP) is 3.13. The van der Waals surface area contributed by atoms with Crippen LogP contribution >= 0.6 is 0 Å². The van der Waals surface area contributed by atoms with Gasteiger partial charge in [-0.3, -0.25) is 4.79 Å². The molecule has 1 aromatic rings. The molecule has 1 fully saturated rings. The van der Waals surface area contributed by atoms with Crippen LogP contribution in [0.15, 0.2) is 24.3 Å². The van der Waals surface area contributed by atoms with Gasteiger partial charge in [0.15, 0.2) is 0 Å². The number of hydrogen-bond acceptors (Lipinski definition) is 2. The van der Waals surface area contributed by atoms with E-state index in [1.54, 1.807) is 0 Å². The topological polar surface area (TPSA) is 32.3 Å². The van der Waals surface area contributed by atoms with Gasteiger partial charge in [-0.15, -0.1) is 0 Å². The number of para-hydroxylation sites is 1. The van der Waals surface area contributed by atoms with Gasteiger partial charge in [-0.2, -0.15) is 0 Å². The zero-order chi connectivity index (χ0) is 14.7. The van der Waals surface area contributed by atoms with E-state index in [1.165, 1.54) is 30.5 Å². The number of rotatable bonds is 3. The zero-order valence-corrected chi connectivity index (χ0v) is 13.0. The van der Waals surface area contributed by atoms with Gasteiger partial charge in [-0.05, 0) is 43.2 Å². The van der Waals surface area contributed by atoms with Crippen LogP contribution in [-0.2, 0) is 11.2 Å². The van der Waals surface area contributed by atoms with E-state index < -0.39 is 0 Å². The smallest absolute Gasteiger partial charge is 0.239 e. The Labute approximate surface area is 127 Å². The molecule has 1 amide bonds. The molecule has 21 heavy (non-hydrogen) atoms. The third kappa shape index (κ3) is 3.39. The number of fused-ring (bicyclic) bond motifs is 1. The first-order valence-electron chi connectivity index (χ1n) is 8.36. The molecule has 0 bridgehead atoms. The number of amides is 1. The maximum atomic E-state index is 12.4. The Bertz CT molecular complexity index is 500. The van der Waals surface area contributed by atoms with Gasteiger partial charge in [0.05, 0.1) is 6.54 Å². The lowest BCUT2D eigenvalue weighted by atomic mass is 9.86. The minimum absolute atomic E-state index is 0.186. The van der Waals surface area contributed by atoms with Crippen molar-refractivity contribution in [2.45, 2.75) is 51.5 Å². The van der Waals surface area contributed by atoms with Crippen molar-refractivity contribution < 1.29 is 4.79 Å². The van der Waals surface area contributed by atoms with Crippen molar-refractivity contribution in [3.05, 3.63) is 29.8 Å². The van der Waals surface area contributed by atoms with Gasteiger partial charge in [-0.1, -0.05) is 38.0 Å². The minimum atomic E-state index is 0.186. The van der Waals surface area contributed by atoms with E-state index in [0.717, 1.165) is 25.8 Å². The predicted molar refractivity (Wildman–Crippen MR) is 86.5 cm³/mol. The van der Waals surface area contributed by atoms with E-state index in [-0.39, 0.29) is 5.91 Å². The molecule has 3 nitrogen and oxygen atoms in total. The molecule has 1 N–H and O–H groups in total. The van der Waals surface area contributed by atoms with Gasteiger partial charge in [0.2, 0.25) is 5.91 Å². The summed E-state index contributed by atoms with van der Waals surface area (Å²) < 4.78 is 0.